The van der Waals surface area contributed by atoms with Crippen LogP contribution in [0.25, 0.3) is 0 Å². The molecule has 0 aromatic heterocycles. The van der Waals surface area contributed by atoms with Crippen molar-refractivity contribution in [3.63, 3.8) is 0 Å². The highest BCUT2D eigenvalue weighted by atomic mass is 32.2. The van der Waals surface area contributed by atoms with Crippen molar-refractivity contribution in [2.75, 3.05) is 19.0 Å². The van der Waals surface area contributed by atoms with Crippen LogP contribution in [-0.4, -0.2) is 47.7 Å². The number of ether oxygens (including phenoxy) is 2. The standard InChI is InChI=1S/C12H21NO4S/c1-12(2)6-16-10(17-7-12)4-3-9-13-8(5-18-9)11(14)15/h8-10,13H,3-7H2,1-2H3,(H,14,15). The van der Waals surface area contributed by atoms with Crippen molar-refractivity contribution in [3.05, 3.63) is 0 Å². The van der Waals surface area contributed by atoms with E-state index in [-0.39, 0.29) is 17.1 Å². The van der Waals surface area contributed by atoms with Gasteiger partial charge in [-0.2, -0.15) is 0 Å². The molecule has 2 rings (SSSR count). The number of nitrogens with one attached hydrogen (secondary N) is 1. The molecular formula is C12H21NO4S. The van der Waals surface area contributed by atoms with Gasteiger partial charge in [-0.3, -0.25) is 10.1 Å². The summed E-state index contributed by atoms with van der Waals surface area (Å²) >= 11 is 1.66. The van der Waals surface area contributed by atoms with Gasteiger partial charge < -0.3 is 14.6 Å². The number of carbonyl (C=O) groups is 1. The van der Waals surface area contributed by atoms with Gasteiger partial charge in [0.1, 0.15) is 6.04 Å². The third-order valence-corrected chi connectivity index (χ3v) is 4.43. The largest absolute Gasteiger partial charge is 0.480 e. The van der Waals surface area contributed by atoms with E-state index in [1.165, 1.54) is 0 Å². The molecule has 0 bridgehead atoms. The lowest BCUT2D eigenvalue weighted by Gasteiger charge is -2.34. The molecule has 104 valence electrons. The van der Waals surface area contributed by atoms with E-state index in [1.807, 2.05) is 0 Å². The Morgan fingerprint density at radius 3 is 2.61 bits per heavy atom. The highest BCUT2D eigenvalue weighted by molar-refractivity contribution is 8.00. The van der Waals surface area contributed by atoms with Crippen LogP contribution in [0.3, 0.4) is 0 Å². The molecule has 0 aliphatic carbocycles. The molecule has 5 nitrogen and oxygen atoms in total. The Bertz CT molecular complexity index is 300. The van der Waals surface area contributed by atoms with Crippen molar-refractivity contribution < 1.29 is 19.4 Å². The Morgan fingerprint density at radius 2 is 2.06 bits per heavy atom. The fourth-order valence-corrected chi connectivity index (χ4v) is 3.25. The molecule has 0 saturated carbocycles. The van der Waals surface area contributed by atoms with Crippen LogP contribution in [-0.2, 0) is 14.3 Å². The molecule has 2 unspecified atom stereocenters. The van der Waals surface area contributed by atoms with Gasteiger partial charge in [0.2, 0.25) is 0 Å². The number of thioether (sulfide) groups is 1. The number of aliphatic carboxylic acids is 1. The molecule has 0 aromatic carbocycles. The van der Waals surface area contributed by atoms with Gasteiger partial charge in [0.05, 0.1) is 18.6 Å². The second-order valence-electron chi connectivity index (χ2n) is 5.67. The highest BCUT2D eigenvalue weighted by Gasteiger charge is 2.32. The van der Waals surface area contributed by atoms with Crippen LogP contribution in [0.15, 0.2) is 0 Å². The van der Waals surface area contributed by atoms with E-state index in [1.54, 1.807) is 11.8 Å². The molecule has 0 radical (unpaired) electrons. The topological polar surface area (TPSA) is 67.8 Å². The zero-order valence-corrected chi connectivity index (χ0v) is 11.7. The number of carboxylic acids is 1. The maximum Gasteiger partial charge on any atom is 0.321 e. The first kappa shape index (κ1) is 14.1. The molecule has 2 heterocycles. The minimum Gasteiger partial charge on any atom is -0.480 e. The van der Waals surface area contributed by atoms with E-state index in [9.17, 15) is 4.79 Å². The maximum absolute atomic E-state index is 10.8. The molecule has 6 heteroatoms. The van der Waals surface area contributed by atoms with Gasteiger partial charge in [-0.1, -0.05) is 13.8 Å². The summed E-state index contributed by atoms with van der Waals surface area (Å²) < 4.78 is 11.3. The van der Waals surface area contributed by atoms with Crippen LogP contribution in [0.5, 0.6) is 0 Å². The lowest BCUT2D eigenvalue weighted by Crippen LogP contribution is -2.39. The Hall–Kier alpha value is -0.300. The first-order chi connectivity index (χ1) is 8.46. The second-order valence-corrected chi connectivity index (χ2v) is 6.91. The molecule has 2 N–H and O–H groups in total. The zero-order valence-electron chi connectivity index (χ0n) is 10.8. The first-order valence-electron chi connectivity index (χ1n) is 6.30. The molecule has 0 amide bonds. The quantitative estimate of drug-likeness (QED) is 0.805. The number of hydrogen-bond donors (Lipinski definition) is 2. The van der Waals surface area contributed by atoms with Crippen molar-refractivity contribution in [1.29, 1.82) is 0 Å². The molecule has 2 aliphatic heterocycles. The van der Waals surface area contributed by atoms with Crippen molar-refractivity contribution >= 4 is 17.7 Å². The normalized spacial score (nSPS) is 32.6. The zero-order chi connectivity index (χ0) is 13.2. The van der Waals surface area contributed by atoms with Gasteiger partial charge in [0.25, 0.3) is 0 Å². The molecule has 2 saturated heterocycles. The van der Waals surface area contributed by atoms with Crippen LogP contribution in [0.4, 0.5) is 0 Å². The Kier molecular flexibility index (Phi) is 4.53. The average molecular weight is 275 g/mol. The van der Waals surface area contributed by atoms with Crippen LogP contribution >= 0.6 is 11.8 Å². The van der Waals surface area contributed by atoms with E-state index in [4.69, 9.17) is 14.6 Å². The second kappa shape index (κ2) is 5.77. The predicted octanol–water partition coefficient (Wildman–Crippen LogP) is 1.28. The van der Waals surface area contributed by atoms with Crippen molar-refractivity contribution in [2.45, 2.75) is 44.4 Å². The minimum atomic E-state index is -0.767. The number of carboxylic acid groups (broad SMARTS) is 1. The SMILES string of the molecule is CC1(C)COC(CCC2NC(C(=O)O)CS2)OC1. The predicted molar refractivity (Wildman–Crippen MR) is 69.5 cm³/mol. The third-order valence-electron chi connectivity index (χ3n) is 3.13. The van der Waals surface area contributed by atoms with Crippen molar-refractivity contribution in [2.24, 2.45) is 5.41 Å². The van der Waals surface area contributed by atoms with E-state index < -0.39 is 12.0 Å². The number of rotatable bonds is 4. The molecule has 0 aromatic rings. The molecule has 2 atom stereocenters. The summed E-state index contributed by atoms with van der Waals surface area (Å²) in [7, 11) is 0. The molecule has 0 spiro atoms. The van der Waals surface area contributed by atoms with Crippen LogP contribution in [0.2, 0.25) is 0 Å². The maximum atomic E-state index is 10.8. The van der Waals surface area contributed by atoms with Gasteiger partial charge >= 0.3 is 5.97 Å². The summed E-state index contributed by atoms with van der Waals surface area (Å²) in [5.41, 5.74) is 0.102. The Morgan fingerprint density at radius 1 is 1.39 bits per heavy atom. The van der Waals surface area contributed by atoms with E-state index in [0.717, 1.165) is 26.1 Å². The Balaban J connectivity index is 1.66. The first-order valence-corrected chi connectivity index (χ1v) is 7.35. The highest BCUT2D eigenvalue weighted by Crippen LogP contribution is 2.27. The summed E-state index contributed by atoms with van der Waals surface area (Å²) in [5, 5.41) is 12.2. The monoisotopic (exact) mass is 275 g/mol. The molecule has 2 aliphatic rings. The lowest BCUT2D eigenvalue weighted by molar-refractivity contribution is -0.224. The van der Waals surface area contributed by atoms with Gasteiger partial charge in [0.15, 0.2) is 6.29 Å². The van der Waals surface area contributed by atoms with Gasteiger partial charge in [0, 0.05) is 17.6 Å². The van der Waals surface area contributed by atoms with Crippen LogP contribution in [0.1, 0.15) is 26.7 Å². The van der Waals surface area contributed by atoms with E-state index in [2.05, 4.69) is 19.2 Å². The number of hydrogen-bond acceptors (Lipinski definition) is 5. The summed E-state index contributed by atoms with van der Waals surface area (Å²) in [5.74, 6) is -0.128. The van der Waals surface area contributed by atoms with E-state index in [0.29, 0.717) is 5.75 Å². The van der Waals surface area contributed by atoms with Gasteiger partial charge in [-0.05, 0) is 6.42 Å². The molecular weight excluding hydrogens is 254 g/mol. The van der Waals surface area contributed by atoms with E-state index >= 15 is 0 Å². The summed E-state index contributed by atoms with van der Waals surface area (Å²) in [6.07, 6.45) is 1.55. The fourth-order valence-electron chi connectivity index (χ4n) is 2.02. The summed E-state index contributed by atoms with van der Waals surface area (Å²) in [4.78, 5) is 10.8. The minimum absolute atomic E-state index is 0.102. The van der Waals surface area contributed by atoms with Gasteiger partial charge in [-0.15, -0.1) is 11.8 Å². The average Bonchev–Trinajstić information content (AvgIpc) is 2.76. The summed E-state index contributed by atoms with van der Waals surface area (Å²) in [6.45, 7) is 5.69. The van der Waals surface area contributed by atoms with Crippen LogP contribution in [0, 0.1) is 5.41 Å². The van der Waals surface area contributed by atoms with Crippen molar-refractivity contribution in [1.82, 2.24) is 5.32 Å². The Labute approximate surface area is 112 Å². The smallest absolute Gasteiger partial charge is 0.321 e. The van der Waals surface area contributed by atoms with Gasteiger partial charge in [-0.25, -0.2) is 0 Å². The fraction of sp³-hybridized carbons (Fsp3) is 0.917. The molecule has 2 fully saturated rings. The third kappa shape index (κ3) is 3.85. The van der Waals surface area contributed by atoms with Crippen LogP contribution < -0.4 is 5.32 Å². The lowest BCUT2D eigenvalue weighted by atomic mass is 9.95. The summed E-state index contributed by atoms with van der Waals surface area (Å²) in [6, 6.07) is -0.410. The molecule has 18 heavy (non-hydrogen) atoms. The van der Waals surface area contributed by atoms with Crippen molar-refractivity contribution in [3.8, 4) is 0 Å².